The second-order valence-corrected chi connectivity index (χ2v) is 4.54. The largest absolute Gasteiger partial charge is 0.416 e. The number of amides is 1. The number of alkyl halides is 6. The van der Waals surface area contributed by atoms with Gasteiger partial charge in [0.05, 0.1) is 10.5 Å². The molecule has 0 bridgehead atoms. The van der Waals surface area contributed by atoms with Crippen molar-refractivity contribution in [3.05, 3.63) is 51.8 Å². The van der Waals surface area contributed by atoms with Gasteiger partial charge in [-0.2, -0.15) is 31.4 Å². The van der Waals surface area contributed by atoms with E-state index in [1.807, 2.05) is 0 Å². The fraction of sp³-hybridized carbons (Fsp3) is 0.250. The summed E-state index contributed by atoms with van der Waals surface area (Å²) in [5.74, 6) is -1.59. The van der Waals surface area contributed by atoms with E-state index in [0.717, 1.165) is 0 Å². The van der Waals surface area contributed by atoms with E-state index in [-0.39, 0.29) is 11.1 Å². The van der Waals surface area contributed by atoms with Crippen LogP contribution in [0.5, 0.6) is 0 Å². The normalized spacial score (nSPS) is 17.8. The van der Waals surface area contributed by atoms with Crippen molar-refractivity contribution in [3.63, 3.8) is 0 Å². The molecule has 0 saturated heterocycles. The molecular formula is C12H6F6N2O4. The van der Waals surface area contributed by atoms with Gasteiger partial charge in [-0.05, 0) is 18.2 Å². The van der Waals surface area contributed by atoms with Gasteiger partial charge in [-0.25, -0.2) is 0 Å². The van der Waals surface area contributed by atoms with Crippen LogP contribution in [-0.4, -0.2) is 28.1 Å². The summed E-state index contributed by atoms with van der Waals surface area (Å²) in [6.07, 6.45) is -8.82. The number of nitrogens with zero attached hydrogens (tertiary/aromatic N) is 2. The average molecular weight is 356 g/mol. The first-order valence-electron chi connectivity index (χ1n) is 6.02. The van der Waals surface area contributed by atoms with Crippen LogP contribution in [0.2, 0.25) is 0 Å². The van der Waals surface area contributed by atoms with Crippen molar-refractivity contribution in [2.24, 2.45) is 0 Å². The van der Waals surface area contributed by atoms with Crippen LogP contribution < -0.4 is 0 Å². The molecule has 0 radical (unpaired) electrons. The molecule has 0 spiro atoms. The van der Waals surface area contributed by atoms with E-state index in [4.69, 9.17) is 0 Å². The van der Waals surface area contributed by atoms with E-state index in [2.05, 4.69) is 4.84 Å². The van der Waals surface area contributed by atoms with Crippen molar-refractivity contribution in [2.75, 3.05) is 0 Å². The molecule has 12 heteroatoms. The van der Waals surface area contributed by atoms with E-state index in [9.17, 15) is 41.3 Å². The summed E-state index contributed by atoms with van der Waals surface area (Å²) in [5.41, 5.74) is -3.67. The number of benzene rings is 1. The van der Waals surface area contributed by atoms with Crippen molar-refractivity contribution in [3.8, 4) is 0 Å². The van der Waals surface area contributed by atoms with Crippen LogP contribution in [0.4, 0.5) is 32.0 Å². The van der Waals surface area contributed by atoms with Crippen molar-refractivity contribution in [2.45, 2.75) is 18.4 Å². The van der Waals surface area contributed by atoms with Gasteiger partial charge < -0.3 is 4.84 Å². The van der Waals surface area contributed by atoms with Gasteiger partial charge in [0.25, 0.3) is 11.6 Å². The van der Waals surface area contributed by atoms with Crippen LogP contribution in [0.25, 0.3) is 0 Å². The van der Waals surface area contributed by atoms with Crippen LogP contribution in [0, 0.1) is 10.1 Å². The molecule has 0 saturated carbocycles. The molecule has 1 heterocycles. The predicted octanol–water partition coefficient (Wildman–Crippen LogP) is 3.45. The fourth-order valence-corrected chi connectivity index (χ4v) is 1.89. The first-order chi connectivity index (χ1) is 10.9. The van der Waals surface area contributed by atoms with Gasteiger partial charge in [0.1, 0.15) is 11.8 Å². The number of halogens is 6. The average Bonchev–Trinajstić information content (AvgIpc) is 2.94. The number of carbonyl (C=O) groups excluding carboxylic acids is 1. The smallest absolute Gasteiger partial charge is 0.384 e. The maximum Gasteiger partial charge on any atom is 0.416 e. The molecule has 1 aromatic carbocycles. The third kappa shape index (κ3) is 3.26. The zero-order valence-electron chi connectivity index (χ0n) is 11.3. The van der Waals surface area contributed by atoms with Crippen molar-refractivity contribution >= 4 is 11.6 Å². The Hall–Kier alpha value is -2.79. The van der Waals surface area contributed by atoms with Gasteiger partial charge in [0.15, 0.2) is 6.04 Å². The minimum Gasteiger partial charge on any atom is -0.384 e. The number of hydrogen-bond acceptors (Lipinski definition) is 4. The Bertz CT molecular complexity index is 712. The molecule has 24 heavy (non-hydrogen) atoms. The highest BCUT2D eigenvalue weighted by atomic mass is 19.4. The number of rotatable bonds is 2. The first-order valence-corrected chi connectivity index (χ1v) is 6.02. The summed E-state index contributed by atoms with van der Waals surface area (Å²) in [6.45, 7) is 0. The van der Waals surface area contributed by atoms with Gasteiger partial charge in [-0.3, -0.25) is 14.9 Å². The molecule has 0 fully saturated rings. The summed E-state index contributed by atoms with van der Waals surface area (Å²) in [6, 6.07) is -1.66. The lowest BCUT2D eigenvalue weighted by Gasteiger charge is -2.24. The minimum atomic E-state index is -4.93. The van der Waals surface area contributed by atoms with E-state index in [1.165, 1.54) is 0 Å². The predicted molar refractivity (Wildman–Crippen MR) is 64.3 cm³/mol. The topological polar surface area (TPSA) is 72.7 Å². The molecule has 6 nitrogen and oxygen atoms in total. The summed E-state index contributed by atoms with van der Waals surface area (Å²) in [5, 5.41) is 10.7. The van der Waals surface area contributed by atoms with Crippen LogP contribution in [0.1, 0.15) is 15.9 Å². The second-order valence-electron chi connectivity index (χ2n) is 4.54. The van der Waals surface area contributed by atoms with Gasteiger partial charge in [-0.1, -0.05) is 0 Å². The second kappa shape index (κ2) is 5.69. The standard InChI is InChI=1S/C12H6F6N2O4/c13-11(14,15)6-1-2-7(8(5-6)20(22)23)10(21)19-9(3-4-24-19)12(16,17)18/h1-5,9H. The van der Waals surface area contributed by atoms with Gasteiger partial charge >= 0.3 is 12.4 Å². The Kier molecular flexibility index (Phi) is 4.16. The minimum absolute atomic E-state index is 0.0688. The zero-order valence-corrected chi connectivity index (χ0v) is 11.3. The molecular weight excluding hydrogens is 350 g/mol. The maximum atomic E-state index is 12.8. The van der Waals surface area contributed by atoms with Crippen LogP contribution in [0.3, 0.4) is 0 Å². The monoisotopic (exact) mass is 356 g/mol. The molecule has 1 unspecified atom stereocenters. The van der Waals surface area contributed by atoms with Gasteiger partial charge in [0, 0.05) is 6.07 Å². The van der Waals surface area contributed by atoms with E-state index >= 15 is 0 Å². The molecule has 2 rings (SSSR count). The lowest BCUT2D eigenvalue weighted by atomic mass is 10.1. The zero-order chi connectivity index (χ0) is 18.3. The number of nitro groups is 1. The Morgan fingerprint density at radius 2 is 1.83 bits per heavy atom. The van der Waals surface area contributed by atoms with E-state index in [0.29, 0.717) is 24.5 Å². The lowest BCUT2D eigenvalue weighted by molar-refractivity contribution is -0.385. The number of nitro benzene ring substituents is 1. The lowest BCUT2D eigenvalue weighted by Crippen LogP contribution is -2.44. The van der Waals surface area contributed by atoms with Crippen molar-refractivity contribution in [1.29, 1.82) is 0 Å². The van der Waals surface area contributed by atoms with E-state index < -0.39 is 46.0 Å². The quantitative estimate of drug-likeness (QED) is 0.462. The number of carbonyl (C=O) groups is 1. The molecule has 0 N–H and O–H groups in total. The van der Waals surface area contributed by atoms with Crippen molar-refractivity contribution < 1.29 is 40.9 Å². The molecule has 1 amide bonds. The first kappa shape index (κ1) is 17.6. The Morgan fingerprint density at radius 3 is 2.33 bits per heavy atom. The fourth-order valence-electron chi connectivity index (χ4n) is 1.89. The summed E-state index contributed by atoms with van der Waals surface area (Å²) >= 11 is 0. The highest BCUT2D eigenvalue weighted by molar-refractivity contribution is 5.98. The Balaban J connectivity index is 2.45. The summed E-state index contributed by atoms with van der Waals surface area (Å²) in [7, 11) is 0. The van der Waals surface area contributed by atoms with Gasteiger partial charge in [-0.15, -0.1) is 0 Å². The third-order valence-electron chi connectivity index (χ3n) is 2.98. The van der Waals surface area contributed by atoms with Crippen LogP contribution in [0.15, 0.2) is 30.5 Å². The molecule has 1 atom stereocenters. The summed E-state index contributed by atoms with van der Waals surface area (Å²) in [4.78, 5) is 26.0. The van der Waals surface area contributed by atoms with Crippen LogP contribution >= 0.6 is 0 Å². The number of hydroxylamine groups is 2. The SMILES string of the molecule is O=C(c1ccc(C(F)(F)F)cc1[N+](=O)[O-])N1OC=CC1C(F)(F)F. The number of hydrogen-bond donors (Lipinski definition) is 0. The molecule has 0 aliphatic carbocycles. The Morgan fingerprint density at radius 1 is 1.21 bits per heavy atom. The molecule has 1 aromatic rings. The Labute approximate surface area is 129 Å². The molecule has 1 aliphatic rings. The van der Waals surface area contributed by atoms with E-state index in [1.54, 1.807) is 0 Å². The van der Waals surface area contributed by atoms with Gasteiger partial charge in [0.2, 0.25) is 0 Å². The molecule has 130 valence electrons. The van der Waals surface area contributed by atoms with Crippen LogP contribution in [-0.2, 0) is 11.0 Å². The third-order valence-corrected chi connectivity index (χ3v) is 2.98. The highest BCUT2D eigenvalue weighted by Gasteiger charge is 2.49. The molecule has 0 aromatic heterocycles. The highest BCUT2D eigenvalue weighted by Crippen LogP contribution is 2.35. The summed E-state index contributed by atoms with van der Waals surface area (Å²) < 4.78 is 76.0. The van der Waals surface area contributed by atoms with Crippen molar-refractivity contribution in [1.82, 2.24) is 5.06 Å². The molecule has 1 aliphatic heterocycles. The maximum absolute atomic E-state index is 12.8.